The van der Waals surface area contributed by atoms with E-state index in [2.05, 4.69) is 26.1 Å². The lowest BCUT2D eigenvalue weighted by molar-refractivity contribution is 0.306. The fourth-order valence-electron chi connectivity index (χ4n) is 1.74. The van der Waals surface area contributed by atoms with E-state index >= 15 is 0 Å². The van der Waals surface area contributed by atoms with Crippen molar-refractivity contribution in [1.82, 2.24) is 10.2 Å². The van der Waals surface area contributed by atoms with Gasteiger partial charge in [-0.25, -0.2) is 0 Å². The van der Waals surface area contributed by atoms with Crippen molar-refractivity contribution >= 4 is 15.9 Å². The van der Waals surface area contributed by atoms with Gasteiger partial charge in [-0.15, -0.1) is 10.2 Å². The highest BCUT2D eigenvalue weighted by molar-refractivity contribution is 9.10. The zero-order valence-electron chi connectivity index (χ0n) is 10.5. The van der Waals surface area contributed by atoms with Gasteiger partial charge in [0, 0.05) is 10.0 Å². The van der Waals surface area contributed by atoms with E-state index in [1.54, 1.807) is 0 Å². The lowest BCUT2D eigenvalue weighted by atomic mass is 10.2. The average molecular weight is 331 g/mol. The minimum atomic E-state index is 0.504. The van der Waals surface area contributed by atoms with Crippen LogP contribution in [0.3, 0.4) is 0 Å². The molecule has 0 saturated carbocycles. The lowest BCUT2D eigenvalue weighted by Gasteiger charge is -2.06. The molecule has 4 nitrogen and oxygen atoms in total. The summed E-state index contributed by atoms with van der Waals surface area (Å²) < 4.78 is 11.9. The van der Waals surface area contributed by atoms with Gasteiger partial charge in [-0.2, -0.15) is 0 Å². The maximum absolute atomic E-state index is 5.72. The van der Waals surface area contributed by atoms with Crippen LogP contribution in [0.5, 0.6) is 5.75 Å². The number of benzene rings is 2. The van der Waals surface area contributed by atoms with E-state index in [0.717, 1.165) is 21.3 Å². The van der Waals surface area contributed by atoms with E-state index in [-0.39, 0.29) is 0 Å². The monoisotopic (exact) mass is 330 g/mol. The van der Waals surface area contributed by atoms with Gasteiger partial charge in [0.25, 0.3) is 0 Å². The first-order chi connectivity index (χ1) is 9.81. The van der Waals surface area contributed by atoms with Crippen LogP contribution in [0.2, 0.25) is 0 Å². The molecule has 1 heterocycles. The van der Waals surface area contributed by atoms with Crippen molar-refractivity contribution in [2.75, 3.05) is 0 Å². The maximum atomic E-state index is 5.72. The number of rotatable bonds is 4. The molecule has 3 rings (SSSR count). The average Bonchev–Trinajstić information content (AvgIpc) is 3.01. The van der Waals surface area contributed by atoms with Crippen molar-refractivity contribution in [2.24, 2.45) is 0 Å². The molecule has 0 aliphatic heterocycles. The normalized spacial score (nSPS) is 10.4. The van der Waals surface area contributed by atoms with Gasteiger partial charge in [-0.05, 0) is 42.0 Å². The molecule has 0 radical (unpaired) electrons. The van der Waals surface area contributed by atoms with Crippen molar-refractivity contribution in [2.45, 2.75) is 6.61 Å². The van der Waals surface area contributed by atoms with Crippen LogP contribution in [0.25, 0.3) is 11.5 Å². The fraction of sp³-hybridized carbons (Fsp3) is 0.0667. The Morgan fingerprint density at radius 1 is 1.00 bits per heavy atom. The molecule has 2 aromatic carbocycles. The van der Waals surface area contributed by atoms with E-state index in [1.807, 2.05) is 48.5 Å². The molecule has 0 saturated heterocycles. The van der Waals surface area contributed by atoms with E-state index in [1.165, 1.54) is 6.39 Å². The minimum absolute atomic E-state index is 0.504. The summed E-state index contributed by atoms with van der Waals surface area (Å²) in [7, 11) is 0. The Hall–Kier alpha value is -2.14. The van der Waals surface area contributed by atoms with Crippen LogP contribution in [0.1, 0.15) is 5.56 Å². The predicted molar refractivity (Wildman–Crippen MR) is 78.2 cm³/mol. The van der Waals surface area contributed by atoms with Gasteiger partial charge >= 0.3 is 0 Å². The first-order valence-electron chi connectivity index (χ1n) is 6.05. The lowest BCUT2D eigenvalue weighted by Crippen LogP contribution is -1.94. The third-order valence-electron chi connectivity index (χ3n) is 2.78. The van der Waals surface area contributed by atoms with Crippen LogP contribution < -0.4 is 4.74 Å². The van der Waals surface area contributed by atoms with Crippen LogP contribution in [0.4, 0.5) is 0 Å². The third kappa shape index (κ3) is 3.05. The van der Waals surface area contributed by atoms with Crippen LogP contribution in [-0.2, 0) is 6.61 Å². The molecule has 0 amide bonds. The molecule has 100 valence electrons. The summed E-state index contributed by atoms with van der Waals surface area (Å²) in [5.74, 6) is 1.31. The van der Waals surface area contributed by atoms with Gasteiger partial charge in [-0.1, -0.05) is 28.1 Å². The van der Waals surface area contributed by atoms with Crippen LogP contribution in [-0.4, -0.2) is 10.2 Å². The van der Waals surface area contributed by atoms with Crippen molar-refractivity contribution in [3.8, 4) is 17.2 Å². The highest BCUT2D eigenvalue weighted by Crippen LogP contribution is 2.21. The highest BCUT2D eigenvalue weighted by atomic mass is 79.9. The zero-order chi connectivity index (χ0) is 13.8. The first kappa shape index (κ1) is 12.9. The van der Waals surface area contributed by atoms with Crippen LogP contribution in [0, 0.1) is 0 Å². The van der Waals surface area contributed by atoms with Gasteiger partial charge < -0.3 is 9.15 Å². The van der Waals surface area contributed by atoms with Gasteiger partial charge in [0.1, 0.15) is 12.4 Å². The molecule has 1 aromatic heterocycles. The predicted octanol–water partition coefficient (Wildman–Crippen LogP) is 4.08. The first-order valence-corrected chi connectivity index (χ1v) is 6.84. The summed E-state index contributed by atoms with van der Waals surface area (Å²) in [5, 5.41) is 7.51. The molecule has 20 heavy (non-hydrogen) atoms. The zero-order valence-corrected chi connectivity index (χ0v) is 12.1. The molecule has 0 unspecified atom stereocenters. The maximum Gasteiger partial charge on any atom is 0.247 e. The number of hydrogen-bond acceptors (Lipinski definition) is 4. The summed E-state index contributed by atoms with van der Waals surface area (Å²) in [4.78, 5) is 0. The Morgan fingerprint density at radius 3 is 2.40 bits per heavy atom. The Morgan fingerprint density at radius 2 is 1.75 bits per heavy atom. The molecule has 3 aromatic rings. The molecule has 0 bridgehead atoms. The largest absolute Gasteiger partial charge is 0.489 e. The Kier molecular flexibility index (Phi) is 3.78. The molecule has 0 aliphatic carbocycles. The van der Waals surface area contributed by atoms with Gasteiger partial charge in [0.05, 0.1) is 0 Å². The molecular formula is C15H11BrN2O2. The number of ether oxygens (including phenoxy) is 1. The van der Waals surface area contributed by atoms with E-state index in [9.17, 15) is 0 Å². The molecule has 0 N–H and O–H groups in total. The van der Waals surface area contributed by atoms with E-state index < -0.39 is 0 Å². The van der Waals surface area contributed by atoms with Crippen molar-refractivity contribution in [3.63, 3.8) is 0 Å². The number of halogens is 1. The van der Waals surface area contributed by atoms with Gasteiger partial charge in [0.15, 0.2) is 0 Å². The van der Waals surface area contributed by atoms with E-state index in [0.29, 0.717) is 12.5 Å². The third-order valence-corrected chi connectivity index (χ3v) is 3.31. The number of hydrogen-bond donors (Lipinski definition) is 0. The smallest absolute Gasteiger partial charge is 0.247 e. The minimum Gasteiger partial charge on any atom is -0.489 e. The van der Waals surface area contributed by atoms with Crippen LogP contribution in [0.15, 0.2) is 63.8 Å². The summed E-state index contributed by atoms with van der Waals surface area (Å²) >= 11 is 3.41. The summed E-state index contributed by atoms with van der Waals surface area (Å²) in [6, 6.07) is 15.6. The molecule has 0 fully saturated rings. The Bertz CT molecular complexity index is 664. The number of nitrogens with zero attached hydrogens (tertiary/aromatic N) is 2. The van der Waals surface area contributed by atoms with E-state index in [4.69, 9.17) is 9.15 Å². The molecule has 0 spiro atoms. The SMILES string of the molecule is Brc1ccc(COc2ccc(-c3nnco3)cc2)cc1. The Labute approximate surface area is 124 Å². The summed E-state index contributed by atoms with van der Waals surface area (Å²) in [6.07, 6.45) is 1.31. The summed E-state index contributed by atoms with van der Waals surface area (Å²) in [6.45, 7) is 0.535. The summed E-state index contributed by atoms with van der Waals surface area (Å²) in [5.41, 5.74) is 1.99. The highest BCUT2D eigenvalue weighted by Gasteiger charge is 2.03. The topological polar surface area (TPSA) is 48.2 Å². The van der Waals surface area contributed by atoms with Crippen LogP contribution >= 0.6 is 15.9 Å². The Balaban J connectivity index is 1.65. The second-order valence-electron chi connectivity index (χ2n) is 4.18. The van der Waals surface area contributed by atoms with Crippen molar-refractivity contribution in [1.29, 1.82) is 0 Å². The van der Waals surface area contributed by atoms with Gasteiger partial charge in [0.2, 0.25) is 12.3 Å². The molecule has 5 heteroatoms. The number of aromatic nitrogens is 2. The van der Waals surface area contributed by atoms with Crippen molar-refractivity contribution in [3.05, 3.63) is 65.0 Å². The molecular weight excluding hydrogens is 320 g/mol. The second-order valence-corrected chi connectivity index (χ2v) is 5.10. The fourth-order valence-corrected chi connectivity index (χ4v) is 2.00. The second kappa shape index (κ2) is 5.88. The molecule has 0 aliphatic rings. The quantitative estimate of drug-likeness (QED) is 0.723. The van der Waals surface area contributed by atoms with Crippen molar-refractivity contribution < 1.29 is 9.15 Å². The standard InChI is InChI=1S/C15H11BrN2O2/c16-13-5-1-11(2-6-13)9-19-14-7-3-12(4-8-14)15-18-17-10-20-15/h1-8,10H,9H2. The van der Waals surface area contributed by atoms with Gasteiger partial charge in [-0.3, -0.25) is 0 Å². The molecule has 0 atom stereocenters.